The second-order valence-corrected chi connectivity index (χ2v) is 5.75. The van der Waals surface area contributed by atoms with Gasteiger partial charge in [0, 0.05) is 20.0 Å². The molecular weight excluding hydrogens is 262 g/mol. The molecule has 2 heterocycles. The number of aromatic nitrogens is 2. The van der Waals surface area contributed by atoms with E-state index in [9.17, 15) is 14.7 Å². The van der Waals surface area contributed by atoms with E-state index in [0.29, 0.717) is 19.0 Å². The molecule has 0 radical (unpaired) electrons. The molecule has 1 atom stereocenters. The lowest BCUT2D eigenvalue weighted by atomic mass is 9.74. The average Bonchev–Trinajstić information content (AvgIpc) is 2.84. The Hall–Kier alpha value is -1.92. The number of carbonyl (C=O) groups excluding carboxylic acids is 1. The van der Waals surface area contributed by atoms with Crippen LogP contribution in [0.5, 0.6) is 0 Å². The first kappa shape index (κ1) is 14.5. The Kier molecular flexibility index (Phi) is 3.78. The van der Waals surface area contributed by atoms with Gasteiger partial charge in [0.2, 0.25) is 5.89 Å². The fourth-order valence-electron chi connectivity index (χ4n) is 2.45. The minimum absolute atomic E-state index is 0.0382. The Morgan fingerprint density at radius 1 is 1.45 bits per heavy atom. The quantitative estimate of drug-likeness (QED) is 0.898. The van der Waals surface area contributed by atoms with Gasteiger partial charge >= 0.3 is 5.97 Å². The van der Waals surface area contributed by atoms with Crippen LogP contribution in [0.4, 0.5) is 0 Å². The highest BCUT2D eigenvalue weighted by Gasteiger charge is 2.40. The SMILES string of the molecule is Cc1nc(C(=O)N2CCCC(C(C)(C)C(=O)O)C2)no1. The summed E-state index contributed by atoms with van der Waals surface area (Å²) >= 11 is 0. The zero-order chi connectivity index (χ0) is 14.9. The molecule has 1 unspecified atom stereocenters. The number of aryl methyl sites for hydroxylation is 1. The molecule has 1 N–H and O–H groups in total. The molecule has 1 saturated heterocycles. The van der Waals surface area contributed by atoms with Crippen molar-refractivity contribution in [3.63, 3.8) is 0 Å². The van der Waals surface area contributed by atoms with Gasteiger partial charge < -0.3 is 14.5 Å². The summed E-state index contributed by atoms with van der Waals surface area (Å²) in [6.07, 6.45) is 1.58. The molecule has 0 spiro atoms. The van der Waals surface area contributed by atoms with Crippen molar-refractivity contribution in [1.82, 2.24) is 15.0 Å². The molecule has 0 saturated carbocycles. The predicted molar refractivity (Wildman–Crippen MR) is 69.1 cm³/mol. The number of carbonyl (C=O) groups is 2. The predicted octanol–water partition coefficient (Wildman–Crippen LogP) is 1.34. The first-order valence-electron chi connectivity index (χ1n) is 6.65. The van der Waals surface area contributed by atoms with E-state index < -0.39 is 11.4 Å². The smallest absolute Gasteiger partial charge is 0.309 e. The summed E-state index contributed by atoms with van der Waals surface area (Å²) in [6.45, 7) is 6.03. The molecule has 0 bridgehead atoms. The van der Waals surface area contributed by atoms with Crippen LogP contribution in [-0.4, -0.2) is 45.1 Å². The lowest BCUT2D eigenvalue weighted by molar-refractivity contribution is -0.151. The largest absolute Gasteiger partial charge is 0.481 e. The number of amides is 1. The Morgan fingerprint density at radius 2 is 2.15 bits per heavy atom. The molecule has 1 aliphatic heterocycles. The normalized spacial score (nSPS) is 19.9. The van der Waals surface area contributed by atoms with Gasteiger partial charge in [-0.15, -0.1) is 0 Å². The summed E-state index contributed by atoms with van der Waals surface area (Å²) in [5.74, 6) is -0.838. The van der Waals surface area contributed by atoms with E-state index >= 15 is 0 Å². The van der Waals surface area contributed by atoms with Crippen molar-refractivity contribution in [3.8, 4) is 0 Å². The van der Waals surface area contributed by atoms with Crippen molar-refractivity contribution >= 4 is 11.9 Å². The number of rotatable bonds is 3. The van der Waals surface area contributed by atoms with Crippen LogP contribution in [0.25, 0.3) is 0 Å². The average molecular weight is 281 g/mol. The fourth-order valence-corrected chi connectivity index (χ4v) is 2.45. The number of aliphatic carboxylic acids is 1. The lowest BCUT2D eigenvalue weighted by Gasteiger charge is -2.38. The summed E-state index contributed by atoms with van der Waals surface area (Å²) in [6, 6.07) is 0. The number of hydrogen-bond acceptors (Lipinski definition) is 5. The van der Waals surface area contributed by atoms with Gasteiger partial charge in [-0.25, -0.2) is 0 Å². The van der Waals surface area contributed by atoms with Gasteiger partial charge in [0.25, 0.3) is 11.7 Å². The number of carboxylic acid groups (broad SMARTS) is 1. The maximum atomic E-state index is 12.2. The first-order chi connectivity index (χ1) is 9.32. The minimum atomic E-state index is -0.855. The third-order valence-electron chi connectivity index (χ3n) is 4.00. The number of likely N-dealkylation sites (tertiary alicyclic amines) is 1. The second kappa shape index (κ2) is 5.22. The highest BCUT2D eigenvalue weighted by Crippen LogP contribution is 2.34. The van der Waals surface area contributed by atoms with Crippen LogP contribution in [0.1, 0.15) is 43.2 Å². The zero-order valence-electron chi connectivity index (χ0n) is 11.9. The van der Waals surface area contributed by atoms with Crippen molar-refractivity contribution in [2.75, 3.05) is 13.1 Å². The van der Waals surface area contributed by atoms with Crippen LogP contribution in [0, 0.1) is 18.3 Å². The summed E-state index contributed by atoms with van der Waals surface area (Å²) in [5, 5.41) is 12.9. The summed E-state index contributed by atoms with van der Waals surface area (Å²) in [5.41, 5.74) is -0.855. The van der Waals surface area contributed by atoms with E-state index in [1.807, 2.05) is 0 Å². The van der Waals surface area contributed by atoms with E-state index in [2.05, 4.69) is 10.1 Å². The summed E-state index contributed by atoms with van der Waals surface area (Å²) in [4.78, 5) is 29.1. The standard InChI is InChI=1S/C13H19N3O4/c1-8-14-10(15-20-8)11(17)16-6-4-5-9(7-16)13(2,3)12(18)19/h9H,4-7H2,1-3H3,(H,18,19). The molecule has 7 nitrogen and oxygen atoms in total. The zero-order valence-corrected chi connectivity index (χ0v) is 11.9. The molecule has 20 heavy (non-hydrogen) atoms. The molecule has 1 aliphatic rings. The topological polar surface area (TPSA) is 96.5 Å². The van der Waals surface area contributed by atoms with Crippen molar-refractivity contribution in [2.45, 2.75) is 33.6 Å². The molecule has 7 heteroatoms. The number of hydrogen-bond donors (Lipinski definition) is 1. The monoisotopic (exact) mass is 281 g/mol. The first-order valence-corrected chi connectivity index (χ1v) is 6.65. The van der Waals surface area contributed by atoms with Gasteiger partial charge in [-0.2, -0.15) is 4.98 Å². The maximum absolute atomic E-state index is 12.2. The number of nitrogens with zero attached hydrogens (tertiary/aromatic N) is 3. The molecule has 0 aliphatic carbocycles. The van der Waals surface area contributed by atoms with Crippen molar-refractivity contribution < 1.29 is 19.2 Å². The minimum Gasteiger partial charge on any atom is -0.481 e. The third-order valence-corrected chi connectivity index (χ3v) is 4.00. The molecular formula is C13H19N3O4. The molecule has 1 aromatic rings. The molecule has 110 valence electrons. The van der Waals surface area contributed by atoms with Crippen LogP contribution in [0.15, 0.2) is 4.52 Å². The molecule has 0 aromatic carbocycles. The van der Waals surface area contributed by atoms with Gasteiger partial charge in [-0.05, 0) is 32.6 Å². The van der Waals surface area contributed by atoms with Crippen LogP contribution in [0.2, 0.25) is 0 Å². The molecule has 1 fully saturated rings. The van der Waals surface area contributed by atoms with E-state index in [0.717, 1.165) is 12.8 Å². The third kappa shape index (κ3) is 2.66. The molecule has 1 aromatic heterocycles. The Bertz CT molecular complexity index is 523. The summed E-state index contributed by atoms with van der Waals surface area (Å²) in [7, 11) is 0. The highest BCUT2D eigenvalue weighted by molar-refractivity contribution is 5.90. The van der Waals surface area contributed by atoms with Gasteiger partial charge in [-0.3, -0.25) is 9.59 Å². The van der Waals surface area contributed by atoms with E-state index in [1.165, 1.54) is 0 Å². The van der Waals surface area contributed by atoms with E-state index in [1.54, 1.807) is 25.7 Å². The van der Waals surface area contributed by atoms with Crippen LogP contribution >= 0.6 is 0 Å². The van der Waals surface area contributed by atoms with Crippen LogP contribution in [0.3, 0.4) is 0 Å². The molecule has 2 rings (SSSR count). The van der Waals surface area contributed by atoms with Crippen molar-refractivity contribution in [2.24, 2.45) is 11.3 Å². The van der Waals surface area contributed by atoms with Gasteiger partial charge in [0.05, 0.1) is 5.41 Å². The number of piperidine rings is 1. The van der Waals surface area contributed by atoms with Gasteiger partial charge in [0.15, 0.2) is 0 Å². The number of carboxylic acids is 1. The van der Waals surface area contributed by atoms with Gasteiger partial charge in [-0.1, -0.05) is 5.16 Å². The fraction of sp³-hybridized carbons (Fsp3) is 0.692. The Labute approximate surface area is 117 Å². The van der Waals surface area contributed by atoms with Crippen molar-refractivity contribution in [3.05, 3.63) is 11.7 Å². The lowest BCUT2D eigenvalue weighted by Crippen LogP contribution is -2.47. The Morgan fingerprint density at radius 3 is 2.70 bits per heavy atom. The van der Waals surface area contributed by atoms with E-state index in [4.69, 9.17) is 4.52 Å². The maximum Gasteiger partial charge on any atom is 0.309 e. The van der Waals surface area contributed by atoms with E-state index in [-0.39, 0.29) is 17.6 Å². The Balaban J connectivity index is 2.11. The second-order valence-electron chi connectivity index (χ2n) is 5.75. The van der Waals surface area contributed by atoms with Crippen LogP contribution < -0.4 is 0 Å². The van der Waals surface area contributed by atoms with Crippen molar-refractivity contribution in [1.29, 1.82) is 0 Å². The summed E-state index contributed by atoms with van der Waals surface area (Å²) < 4.78 is 4.81. The van der Waals surface area contributed by atoms with Crippen LogP contribution in [-0.2, 0) is 4.79 Å². The highest BCUT2D eigenvalue weighted by atomic mass is 16.5. The molecule has 1 amide bonds. The van der Waals surface area contributed by atoms with Gasteiger partial charge in [0.1, 0.15) is 0 Å².